The first-order valence-corrected chi connectivity index (χ1v) is 5.67. The van der Waals surface area contributed by atoms with Gasteiger partial charge in [0.25, 0.3) is 0 Å². The summed E-state index contributed by atoms with van der Waals surface area (Å²) < 4.78 is 0. The number of aromatic hydroxyl groups is 1. The van der Waals surface area contributed by atoms with Crippen molar-refractivity contribution < 1.29 is 15.0 Å². The third-order valence-electron chi connectivity index (χ3n) is 2.99. The molecule has 1 heterocycles. The van der Waals surface area contributed by atoms with Crippen LogP contribution < -0.4 is 0 Å². The van der Waals surface area contributed by atoms with Crippen molar-refractivity contribution >= 4 is 16.9 Å². The van der Waals surface area contributed by atoms with E-state index in [1.807, 2.05) is 0 Å². The van der Waals surface area contributed by atoms with Gasteiger partial charge in [0.1, 0.15) is 11.3 Å². The number of benzene rings is 2. The summed E-state index contributed by atoms with van der Waals surface area (Å²) in [5, 5.41) is 26.5. The molecule has 0 aliphatic rings. The van der Waals surface area contributed by atoms with Crippen LogP contribution in [0.15, 0.2) is 42.5 Å². The largest absolute Gasteiger partial charge is 0.507 e. The Hall–Kier alpha value is -2.82. The van der Waals surface area contributed by atoms with E-state index in [0.717, 1.165) is 0 Å². The maximum atomic E-state index is 11.1. The Morgan fingerprint density at radius 1 is 1.11 bits per heavy atom. The molecule has 3 N–H and O–H groups in total. The van der Waals surface area contributed by atoms with Gasteiger partial charge in [-0.25, -0.2) is 4.79 Å². The molecule has 0 radical (unpaired) electrons. The molecule has 0 amide bonds. The third-order valence-corrected chi connectivity index (χ3v) is 2.99. The number of phenolic OH excluding ortho intramolecular Hbond substituents is 1. The Balaban J connectivity index is 2.31. The molecule has 0 fully saturated rings. The average molecular weight is 254 g/mol. The fourth-order valence-corrected chi connectivity index (χ4v) is 2.10. The van der Waals surface area contributed by atoms with Crippen molar-refractivity contribution in [2.24, 2.45) is 0 Å². The minimum atomic E-state index is -1.03. The number of carboxylic acid groups (broad SMARTS) is 1. The van der Waals surface area contributed by atoms with Crippen LogP contribution in [0.1, 0.15) is 10.4 Å². The Bertz CT molecular complexity index is 777. The SMILES string of the molecule is O=C(O)c1cccc2c(-c3ccccc3O)[nH]nc12. The number of aromatic carboxylic acids is 1. The summed E-state index contributed by atoms with van der Waals surface area (Å²) in [6.07, 6.45) is 0. The van der Waals surface area contributed by atoms with Crippen LogP contribution in [-0.4, -0.2) is 26.4 Å². The van der Waals surface area contributed by atoms with Crippen LogP contribution in [0.25, 0.3) is 22.2 Å². The van der Waals surface area contributed by atoms with Gasteiger partial charge in [-0.1, -0.05) is 24.3 Å². The van der Waals surface area contributed by atoms with Crippen molar-refractivity contribution in [3.8, 4) is 17.0 Å². The van der Waals surface area contributed by atoms with Gasteiger partial charge < -0.3 is 10.2 Å². The molecule has 3 aromatic rings. The Kier molecular flexibility index (Phi) is 2.45. The van der Waals surface area contributed by atoms with Crippen molar-refractivity contribution in [1.82, 2.24) is 10.2 Å². The van der Waals surface area contributed by atoms with Gasteiger partial charge in [0.2, 0.25) is 0 Å². The molecular formula is C14H10N2O3. The molecule has 1 aromatic heterocycles. The first kappa shape index (κ1) is 11.3. The number of rotatable bonds is 2. The molecule has 19 heavy (non-hydrogen) atoms. The highest BCUT2D eigenvalue weighted by atomic mass is 16.4. The number of carbonyl (C=O) groups is 1. The van der Waals surface area contributed by atoms with Gasteiger partial charge >= 0.3 is 5.97 Å². The Morgan fingerprint density at radius 3 is 2.63 bits per heavy atom. The molecule has 0 spiro atoms. The second kappa shape index (κ2) is 4.13. The van der Waals surface area contributed by atoms with E-state index in [1.54, 1.807) is 36.4 Å². The third kappa shape index (κ3) is 1.72. The molecule has 0 atom stereocenters. The van der Waals surface area contributed by atoms with Crippen molar-refractivity contribution in [1.29, 1.82) is 0 Å². The second-order valence-electron chi connectivity index (χ2n) is 4.12. The monoisotopic (exact) mass is 254 g/mol. The molecule has 0 aliphatic heterocycles. The highest BCUT2D eigenvalue weighted by Gasteiger charge is 2.15. The van der Waals surface area contributed by atoms with Crippen LogP contribution in [0.5, 0.6) is 5.75 Å². The highest BCUT2D eigenvalue weighted by molar-refractivity contribution is 6.06. The molecule has 0 aliphatic carbocycles. The van der Waals surface area contributed by atoms with Crippen LogP contribution in [0, 0.1) is 0 Å². The van der Waals surface area contributed by atoms with Gasteiger partial charge in [-0.2, -0.15) is 5.10 Å². The summed E-state index contributed by atoms with van der Waals surface area (Å²) in [4.78, 5) is 11.1. The predicted octanol–water partition coefficient (Wildman–Crippen LogP) is 2.63. The summed E-state index contributed by atoms with van der Waals surface area (Å²) >= 11 is 0. The topological polar surface area (TPSA) is 86.2 Å². The van der Waals surface area contributed by atoms with E-state index in [-0.39, 0.29) is 11.3 Å². The minimum absolute atomic E-state index is 0.119. The number of aromatic nitrogens is 2. The van der Waals surface area contributed by atoms with Crippen LogP contribution in [0.2, 0.25) is 0 Å². The lowest BCUT2D eigenvalue weighted by Crippen LogP contribution is -1.96. The summed E-state index contributed by atoms with van der Waals surface area (Å²) in [7, 11) is 0. The van der Waals surface area contributed by atoms with E-state index in [0.29, 0.717) is 22.2 Å². The lowest BCUT2D eigenvalue weighted by Gasteiger charge is -2.02. The second-order valence-corrected chi connectivity index (χ2v) is 4.12. The van der Waals surface area contributed by atoms with Gasteiger partial charge in [0.15, 0.2) is 0 Å². The molecular weight excluding hydrogens is 244 g/mol. The Morgan fingerprint density at radius 2 is 1.89 bits per heavy atom. The molecule has 3 rings (SSSR count). The summed E-state index contributed by atoms with van der Waals surface area (Å²) in [6, 6.07) is 11.8. The predicted molar refractivity (Wildman–Crippen MR) is 70.2 cm³/mol. The number of para-hydroxylation sites is 2. The number of fused-ring (bicyclic) bond motifs is 1. The number of hydrogen-bond acceptors (Lipinski definition) is 3. The van der Waals surface area contributed by atoms with E-state index in [4.69, 9.17) is 5.11 Å². The van der Waals surface area contributed by atoms with Crippen LogP contribution in [0.3, 0.4) is 0 Å². The van der Waals surface area contributed by atoms with E-state index < -0.39 is 5.97 Å². The van der Waals surface area contributed by atoms with Crippen LogP contribution >= 0.6 is 0 Å². The number of aromatic amines is 1. The van der Waals surface area contributed by atoms with E-state index in [2.05, 4.69) is 10.2 Å². The van der Waals surface area contributed by atoms with Crippen molar-refractivity contribution in [3.05, 3.63) is 48.0 Å². The van der Waals surface area contributed by atoms with Crippen molar-refractivity contribution in [2.45, 2.75) is 0 Å². The van der Waals surface area contributed by atoms with E-state index >= 15 is 0 Å². The van der Waals surface area contributed by atoms with Crippen LogP contribution in [-0.2, 0) is 0 Å². The number of H-pyrrole nitrogens is 1. The normalized spacial score (nSPS) is 10.7. The minimum Gasteiger partial charge on any atom is -0.507 e. The molecule has 0 bridgehead atoms. The molecule has 0 saturated heterocycles. The molecule has 5 nitrogen and oxygen atoms in total. The van der Waals surface area contributed by atoms with E-state index in [1.165, 1.54) is 6.07 Å². The van der Waals surface area contributed by atoms with Gasteiger partial charge in [0.05, 0.1) is 11.3 Å². The zero-order chi connectivity index (χ0) is 13.4. The first-order valence-electron chi connectivity index (χ1n) is 5.67. The summed E-state index contributed by atoms with van der Waals surface area (Å²) in [5.41, 5.74) is 1.72. The van der Waals surface area contributed by atoms with Crippen molar-refractivity contribution in [2.75, 3.05) is 0 Å². The summed E-state index contributed by atoms with van der Waals surface area (Å²) in [5.74, 6) is -0.908. The number of nitrogens with zero attached hydrogens (tertiary/aromatic N) is 1. The molecule has 0 saturated carbocycles. The highest BCUT2D eigenvalue weighted by Crippen LogP contribution is 2.33. The molecule has 5 heteroatoms. The average Bonchev–Trinajstić information content (AvgIpc) is 2.82. The molecule has 94 valence electrons. The number of phenols is 1. The maximum Gasteiger partial charge on any atom is 0.337 e. The van der Waals surface area contributed by atoms with Crippen molar-refractivity contribution in [3.63, 3.8) is 0 Å². The van der Waals surface area contributed by atoms with Gasteiger partial charge in [-0.05, 0) is 18.2 Å². The van der Waals surface area contributed by atoms with Gasteiger partial charge in [-0.3, -0.25) is 5.10 Å². The number of hydrogen-bond donors (Lipinski definition) is 3. The standard InChI is InChI=1S/C14H10N2O3/c17-11-7-2-1-4-8(11)12-9-5-3-6-10(14(18)19)13(9)16-15-12/h1-7,17H,(H,15,16)(H,18,19). The summed E-state index contributed by atoms with van der Waals surface area (Å²) in [6.45, 7) is 0. The fraction of sp³-hybridized carbons (Fsp3) is 0. The molecule has 0 unspecified atom stereocenters. The fourth-order valence-electron chi connectivity index (χ4n) is 2.10. The van der Waals surface area contributed by atoms with E-state index in [9.17, 15) is 9.90 Å². The van der Waals surface area contributed by atoms with Crippen LogP contribution in [0.4, 0.5) is 0 Å². The quantitative estimate of drug-likeness (QED) is 0.656. The van der Waals surface area contributed by atoms with Gasteiger partial charge in [-0.15, -0.1) is 0 Å². The smallest absolute Gasteiger partial charge is 0.337 e. The Labute approximate surface area is 108 Å². The zero-order valence-corrected chi connectivity index (χ0v) is 9.79. The lowest BCUT2D eigenvalue weighted by molar-refractivity contribution is 0.0699. The number of nitrogens with one attached hydrogen (secondary N) is 1. The maximum absolute atomic E-state index is 11.1. The lowest BCUT2D eigenvalue weighted by atomic mass is 10.0. The zero-order valence-electron chi connectivity index (χ0n) is 9.79. The van der Waals surface area contributed by atoms with Gasteiger partial charge in [0, 0.05) is 10.9 Å². The molecule has 2 aromatic carbocycles. The first-order chi connectivity index (χ1) is 9.18. The number of carboxylic acids is 1.